The van der Waals surface area contributed by atoms with Gasteiger partial charge in [-0.05, 0) is 84.0 Å². The fourth-order valence-corrected chi connectivity index (χ4v) is 8.34. The minimum Gasteiger partial charge on any atom is -0.458 e. The smallest absolute Gasteiger partial charge is 0.331 e. The number of hydrazine groups is 2. The van der Waals surface area contributed by atoms with Gasteiger partial charge in [-0.3, -0.25) is 48.5 Å². The molecule has 6 amide bonds. The molecule has 4 heterocycles. The fourth-order valence-electron chi connectivity index (χ4n) is 8.34. The van der Waals surface area contributed by atoms with E-state index >= 15 is 0 Å². The molecule has 4 saturated heterocycles. The van der Waals surface area contributed by atoms with Crippen LogP contribution in [0.5, 0.6) is 0 Å². The van der Waals surface area contributed by atoms with Gasteiger partial charge in [0.2, 0.25) is 11.7 Å². The average Bonchev–Trinajstić information content (AvgIpc) is 3.24. The highest BCUT2D eigenvalue weighted by molar-refractivity contribution is 5.97. The molecule has 6 N–H and O–H groups in total. The second-order valence-electron chi connectivity index (χ2n) is 17.2. The Balaban J connectivity index is 1.79. The molecule has 4 aliphatic heterocycles. The molecular weight excluding hydrogens is 800 g/mol. The molecule has 21 heteroatoms. The maximum Gasteiger partial charge on any atom is 0.331 e. The maximum absolute atomic E-state index is 15.0. The van der Waals surface area contributed by atoms with Crippen molar-refractivity contribution in [3.63, 3.8) is 0 Å². The van der Waals surface area contributed by atoms with Gasteiger partial charge in [-0.25, -0.2) is 25.8 Å². The lowest BCUT2D eigenvalue weighted by atomic mass is 9.79. The van der Waals surface area contributed by atoms with E-state index in [1.807, 2.05) is 0 Å². The number of amides is 6. The topological polar surface area (TPSA) is 258 Å². The predicted octanol–water partition coefficient (Wildman–Crippen LogP) is -0.592. The summed E-state index contributed by atoms with van der Waals surface area (Å²) < 4.78 is 12.0. The maximum atomic E-state index is 15.0. The molecule has 0 aliphatic carbocycles. The van der Waals surface area contributed by atoms with Gasteiger partial charge in [0, 0.05) is 19.5 Å². The molecule has 4 fully saturated rings. The summed E-state index contributed by atoms with van der Waals surface area (Å²) in [5.74, 6) is -9.08. The summed E-state index contributed by atoms with van der Waals surface area (Å²) in [5.41, 5.74) is 3.11. The van der Waals surface area contributed by atoms with Crippen molar-refractivity contribution in [3.8, 4) is 0 Å². The number of hydrogen-bond acceptors (Lipinski definition) is 15. The summed E-state index contributed by atoms with van der Waals surface area (Å²) in [7, 11) is 2.31. The van der Waals surface area contributed by atoms with Crippen LogP contribution in [0.3, 0.4) is 0 Å². The number of carbonyl (C=O) groups excluding carboxylic acids is 7. The summed E-state index contributed by atoms with van der Waals surface area (Å²) in [6.07, 6.45) is 1.11. The van der Waals surface area contributed by atoms with E-state index in [1.54, 1.807) is 20.8 Å². The van der Waals surface area contributed by atoms with Gasteiger partial charge >= 0.3 is 5.97 Å². The highest BCUT2D eigenvalue weighted by Gasteiger charge is 2.57. The van der Waals surface area contributed by atoms with E-state index in [0.29, 0.717) is 31.7 Å². The van der Waals surface area contributed by atoms with E-state index in [1.165, 1.54) is 13.8 Å². The third-order valence-corrected chi connectivity index (χ3v) is 12.5. The molecule has 0 aromatic carbocycles. The zero-order chi connectivity index (χ0) is 45.6. The molecule has 61 heavy (non-hydrogen) atoms. The van der Waals surface area contributed by atoms with Crippen LogP contribution in [0, 0.1) is 17.8 Å². The Hall–Kier alpha value is -3.99. The van der Waals surface area contributed by atoms with Crippen molar-refractivity contribution in [3.05, 3.63) is 0 Å². The lowest BCUT2D eigenvalue weighted by Crippen LogP contribution is -2.70. The molecule has 4 aliphatic rings. The Morgan fingerprint density at radius 1 is 0.902 bits per heavy atom. The highest BCUT2D eigenvalue weighted by atomic mass is 16.7. The second-order valence-corrected chi connectivity index (χ2v) is 17.2. The summed E-state index contributed by atoms with van der Waals surface area (Å²) in [6, 6.07) is -7.16. The van der Waals surface area contributed by atoms with Crippen molar-refractivity contribution in [1.29, 1.82) is 0 Å². The van der Waals surface area contributed by atoms with E-state index in [0.717, 1.165) is 54.1 Å². The first-order chi connectivity index (χ1) is 28.6. The molecule has 0 saturated carbocycles. The van der Waals surface area contributed by atoms with Crippen molar-refractivity contribution in [1.82, 2.24) is 41.6 Å². The molecule has 0 radical (unpaired) electrons. The van der Waals surface area contributed by atoms with Gasteiger partial charge in [-0.1, -0.05) is 34.1 Å². The third kappa shape index (κ3) is 10.8. The number of esters is 1. The van der Waals surface area contributed by atoms with Crippen molar-refractivity contribution in [2.24, 2.45) is 17.8 Å². The van der Waals surface area contributed by atoms with Crippen LogP contribution in [0.4, 0.5) is 0 Å². The summed E-state index contributed by atoms with van der Waals surface area (Å²) in [5, 5.41) is 32.3. The second kappa shape index (κ2) is 20.9. The standard InChI is InChI=1S/C40H68N8O13/c1-11-23(4)20-27-16-17-40(57,61-26(27)7)39(8,56)38(55)44-31-32(22(2)3)60-37(54)25(6)48(59-10)34(51)28-14-12-18-42-45(28)30(49)21-41-33(50)24(5)47(58-9)35(52)29-15-13-19-43-46(29)36(31)53/h22-29,31-32,42-43,56-57H,11-21H2,1-10H3,(H,41,50)(H,44,55)/t23-,24-,25+,26+,27+,28-,29+,31-,32-,39+,40+/m0/s1. The van der Waals surface area contributed by atoms with Crippen LogP contribution in [-0.2, 0) is 52.7 Å². The highest BCUT2D eigenvalue weighted by Crippen LogP contribution is 2.40. The van der Waals surface area contributed by atoms with Crippen molar-refractivity contribution < 1.29 is 62.9 Å². The Morgan fingerprint density at radius 2 is 1.46 bits per heavy atom. The van der Waals surface area contributed by atoms with Gasteiger partial charge in [0.15, 0.2) is 11.6 Å². The van der Waals surface area contributed by atoms with E-state index in [4.69, 9.17) is 19.1 Å². The molecule has 0 aromatic heterocycles. The lowest BCUT2D eigenvalue weighted by Gasteiger charge is -2.47. The summed E-state index contributed by atoms with van der Waals surface area (Å²) in [4.78, 5) is 110. The molecule has 21 nitrogen and oxygen atoms in total. The number of rotatable bonds is 9. The van der Waals surface area contributed by atoms with Crippen LogP contribution < -0.4 is 21.5 Å². The fraction of sp³-hybridized carbons (Fsp3) is 0.825. The predicted molar refractivity (Wildman–Crippen MR) is 215 cm³/mol. The molecule has 0 spiro atoms. The first kappa shape index (κ1) is 49.7. The van der Waals surface area contributed by atoms with Crippen LogP contribution in [0.2, 0.25) is 0 Å². The van der Waals surface area contributed by atoms with Gasteiger partial charge in [-0.15, -0.1) is 0 Å². The van der Waals surface area contributed by atoms with Gasteiger partial charge in [0.25, 0.3) is 29.5 Å². The van der Waals surface area contributed by atoms with Crippen LogP contribution in [0.1, 0.15) is 107 Å². The monoisotopic (exact) mass is 868 g/mol. The first-order valence-corrected chi connectivity index (χ1v) is 21.4. The third-order valence-electron chi connectivity index (χ3n) is 12.5. The van der Waals surface area contributed by atoms with E-state index in [2.05, 4.69) is 35.3 Å². The number of aliphatic hydroxyl groups is 2. The van der Waals surface area contributed by atoms with Gasteiger partial charge < -0.3 is 30.3 Å². The van der Waals surface area contributed by atoms with Crippen molar-refractivity contribution in [2.75, 3.05) is 33.9 Å². The molecule has 0 aromatic rings. The molecule has 0 bridgehead atoms. The number of nitrogens with one attached hydrogen (secondary N) is 4. The van der Waals surface area contributed by atoms with Gasteiger partial charge in [0.1, 0.15) is 30.3 Å². The zero-order valence-corrected chi connectivity index (χ0v) is 37.2. The zero-order valence-electron chi connectivity index (χ0n) is 37.2. The minimum atomic E-state index is -2.66. The number of hydrogen-bond donors (Lipinski definition) is 6. The number of carbonyl (C=O) groups is 7. The molecular formula is C40H68N8O13. The van der Waals surface area contributed by atoms with Crippen LogP contribution in [0.15, 0.2) is 0 Å². The summed E-state index contributed by atoms with van der Waals surface area (Å²) in [6.45, 7) is 12.9. The molecule has 0 unspecified atom stereocenters. The van der Waals surface area contributed by atoms with Gasteiger partial charge in [0.05, 0.1) is 26.9 Å². The van der Waals surface area contributed by atoms with Crippen LogP contribution in [0.25, 0.3) is 0 Å². The number of hydroxylamine groups is 4. The van der Waals surface area contributed by atoms with E-state index in [9.17, 15) is 43.8 Å². The number of nitrogens with zero attached hydrogens (tertiary/aromatic N) is 4. The van der Waals surface area contributed by atoms with E-state index in [-0.39, 0.29) is 31.7 Å². The average molecular weight is 869 g/mol. The minimum absolute atomic E-state index is 0.0464. The number of ether oxygens (including phenoxy) is 2. The Morgan fingerprint density at radius 3 is 2.00 bits per heavy atom. The molecule has 346 valence electrons. The Labute approximate surface area is 357 Å². The SMILES string of the molecule is CC[C@H](C)C[C@H]1CC[C@](O)([C@](C)(O)C(=O)N[C@@H]2C(=O)N3NCCC[C@@H]3C(=O)N(OC)[C@@H](C)C(=O)NCC(=O)N3NCCC[C@H]3C(=O)N(OC)[C@H](C)C(=O)O[C@H]2C(C)C)O[C@@H]1C. The van der Waals surface area contributed by atoms with Crippen LogP contribution in [-0.4, -0.2) is 159 Å². The Bertz CT molecular complexity index is 1620. The normalized spacial score (nSPS) is 33.4. The molecule has 11 atom stereocenters. The molecule has 4 rings (SSSR count). The quantitative estimate of drug-likeness (QED) is 0.158. The van der Waals surface area contributed by atoms with E-state index < -0.39 is 108 Å². The number of fused-ring (bicyclic) bond motifs is 2. The first-order valence-electron chi connectivity index (χ1n) is 21.4. The summed E-state index contributed by atoms with van der Waals surface area (Å²) >= 11 is 0. The largest absolute Gasteiger partial charge is 0.458 e. The van der Waals surface area contributed by atoms with Gasteiger partial charge in [-0.2, -0.15) is 0 Å². The van der Waals surface area contributed by atoms with Crippen molar-refractivity contribution >= 4 is 41.4 Å². The lowest BCUT2D eigenvalue weighted by molar-refractivity contribution is -0.326. The van der Waals surface area contributed by atoms with Crippen molar-refractivity contribution in [2.45, 2.75) is 161 Å². The van der Waals surface area contributed by atoms with Crippen LogP contribution >= 0.6 is 0 Å². The number of cyclic esters (lactones) is 1. The Kier molecular flexibility index (Phi) is 17.0.